The Morgan fingerprint density at radius 1 is 1.13 bits per heavy atom. The minimum Gasteiger partial charge on any atom is -0.394 e. The molecule has 0 saturated carbocycles. The highest BCUT2D eigenvalue weighted by molar-refractivity contribution is 5.78. The number of rotatable bonds is 7. The van der Waals surface area contributed by atoms with Crippen LogP contribution in [0.2, 0.25) is 0 Å². The summed E-state index contributed by atoms with van der Waals surface area (Å²) in [6.45, 7) is -1.74. The molecular weight excluding hydrogens is 422 g/mol. The maximum atomic E-state index is 12.0. The molecule has 180 valence electrons. The van der Waals surface area contributed by atoms with Crippen LogP contribution < -0.4 is 16.4 Å². The number of amides is 2. The third kappa shape index (κ3) is 4.28. The predicted molar refractivity (Wildman–Crippen MR) is 100 cm³/mol. The summed E-state index contributed by atoms with van der Waals surface area (Å²) in [5.74, 6) is -1.47. The maximum Gasteiger partial charge on any atom is 0.234 e. The lowest BCUT2D eigenvalue weighted by molar-refractivity contribution is -0.371. The number of methoxy groups -OCH3 is 1. The third-order valence-corrected chi connectivity index (χ3v) is 5.77. The highest BCUT2D eigenvalue weighted by atomic mass is 16.7. The van der Waals surface area contributed by atoms with Crippen LogP contribution in [0.4, 0.5) is 0 Å². The second-order valence-corrected chi connectivity index (χ2v) is 7.55. The number of nitrogens with two attached hydrogens (primary N) is 1. The van der Waals surface area contributed by atoms with E-state index in [-0.39, 0.29) is 0 Å². The molecule has 2 rings (SSSR count). The van der Waals surface area contributed by atoms with Gasteiger partial charge in [-0.25, -0.2) is 0 Å². The van der Waals surface area contributed by atoms with Crippen molar-refractivity contribution < 1.29 is 54.4 Å². The average Bonchev–Trinajstić information content (AvgIpc) is 2.74. The molecule has 31 heavy (non-hydrogen) atoms. The fourth-order valence-corrected chi connectivity index (χ4v) is 4.29. The first-order chi connectivity index (χ1) is 14.5. The van der Waals surface area contributed by atoms with Crippen molar-refractivity contribution in [3.8, 4) is 0 Å². The lowest BCUT2D eigenvalue weighted by Crippen LogP contribution is -2.87. The summed E-state index contributed by atoms with van der Waals surface area (Å²) in [5.41, 5.74) is -0.425. The number of carbonyl (C=O) groups excluding carboxylic acids is 2. The molecule has 2 amide bonds. The average molecular weight is 453 g/mol. The Morgan fingerprint density at radius 2 is 1.74 bits per heavy atom. The van der Waals surface area contributed by atoms with E-state index in [1.54, 1.807) is 0 Å². The number of nitrogens with one attached hydrogen (secondary N) is 2. The van der Waals surface area contributed by atoms with Crippen LogP contribution in [0.5, 0.6) is 0 Å². The SMILES string of the molecule is CO[C@H]1O[C@H](CO)[C@](O)([C@@]2(O)[C@@H](CO)OC[C@H](O)[C@@H]2NC(=O)CN)[C@H](O)[C@@H]1NC(C)=O. The molecule has 9 atom stereocenters. The molecule has 14 heteroatoms. The van der Waals surface area contributed by atoms with E-state index in [1.165, 1.54) is 7.11 Å². The van der Waals surface area contributed by atoms with Crippen LogP contribution in [0.1, 0.15) is 6.92 Å². The Kier molecular flexibility index (Phi) is 8.32. The highest BCUT2D eigenvalue weighted by Gasteiger charge is 2.72. The molecule has 2 fully saturated rings. The first-order valence-corrected chi connectivity index (χ1v) is 9.61. The molecule has 0 spiro atoms. The molecule has 0 aliphatic carbocycles. The lowest BCUT2D eigenvalue weighted by Gasteiger charge is -2.60. The first-order valence-electron chi connectivity index (χ1n) is 9.61. The van der Waals surface area contributed by atoms with E-state index in [1.807, 2.05) is 0 Å². The normalized spacial score (nSPS) is 43.3. The van der Waals surface area contributed by atoms with Gasteiger partial charge in [0.2, 0.25) is 11.8 Å². The molecule has 0 radical (unpaired) electrons. The van der Waals surface area contributed by atoms with Crippen LogP contribution in [0, 0.1) is 0 Å². The zero-order valence-corrected chi connectivity index (χ0v) is 17.2. The van der Waals surface area contributed by atoms with Crippen molar-refractivity contribution in [1.82, 2.24) is 10.6 Å². The van der Waals surface area contributed by atoms with Crippen molar-refractivity contribution in [3.05, 3.63) is 0 Å². The van der Waals surface area contributed by atoms with Crippen molar-refractivity contribution in [3.63, 3.8) is 0 Å². The Bertz CT molecular complexity index is 655. The fourth-order valence-electron chi connectivity index (χ4n) is 4.29. The van der Waals surface area contributed by atoms with Crippen molar-refractivity contribution in [1.29, 1.82) is 0 Å². The van der Waals surface area contributed by atoms with E-state index in [0.29, 0.717) is 0 Å². The van der Waals surface area contributed by atoms with E-state index in [2.05, 4.69) is 10.6 Å². The second kappa shape index (κ2) is 9.99. The van der Waals surface area contributed by atoms with Crippen molar-refractivity contribution >= 4 is 11.8 Å². The monoisotopic (exact) mass is 453 g/mol. The molecule has 2 aliphatic rings. The largest absolute Gasteiger partial charge is 0.394 e. The van der Waals surface area contributed by atoms with Gasteiger partial charge in [-0.1, -0.05) is 0 Å². The number of aliphatic hydroxyl groups excluding tert-OH is 4. The van der Waals surface area contributed by atoms with E-state index >= 15 is 0 Å². The van der Waals surface area contributed by atoms with E-state index in [0.717, 1.165) is 6.92 Å². The molecule has 0 aromatic rings. The van der Waals surface area contributed by atoms with Gasteiger partial charge in [0.25, 0.3) is 0 Å². The van der Waals surface area contributed by atoms with Crippen LogP contribution >= 0.6 is 0 Å². The van der Waals surface area contributed by atoms with Gasteiger partial charge in [0.15, 0.2) is 11.9 Å². The molecule has 2 saturated heterocycles. The molecule has 0 aromatic heterocycles. The predicted octanol–water partition coefficient (Wildman–Crippen LogP) is -6.13. The highest BCUT2D eigenvalue weighted by Crippen LogP contribution is 2.45. The third-order valence-electron chi connectivity index (χ3n) is 5.77. The van der Waals surface area contributed by atoms with Crippen LogP contribution in [-0.4, -0.2) is 130 Å². The number of ether oxygens (including phenoxy) is 3. The smallest absolute Gasteiger partial charge is 0.234 e. The summed E-state index contributed by atoms with van der Waals surface area (Å²) < 4.78 is 15.9. The molecule has 2 heterocycles. The summed E-state index contributed by atoms with van der Waals surface area (Å²) in [4.78, 5) is 23.6. The van der Waals surface area contributed by atoms with Crippen molar-refractivity contribution in [2.24, 2.45) is 5.73 Å². The number of hydrogen-bond donors (Lipinski definition) is 9. The van der Waals surface area contributed by atoms with Crippen LogP contribution in [0.25, 0.3) is 0 Å². The van der Waals surface area contributed by atoms with Gasteiger partial charge in [-0.15, -0.1) is 0 Å². The van der Waals surface area contributed by atoms with Gasteiger partial charge in [-0.3, -0.25) is 9.59 Å². The van der Waals surface area contributed by atoms with Gasteiger partial charge >= 0.3 is 0 Å². The van der Waals surface area contributed by atoms with Gasteiger partial charge < -0.3 is 61.2 Å². The van der Waals surface area contributed by atoms with Crippen molar-refractivity contribution in [2.45, 2.75) is 60.9 Å². The Balaban J connectivity index is 2.66. The van der Waals surface area contributed by atoms with Gasteiger partial charge in [0.05, 0.1) is 32.4 Å². The maximum absolute atomic E-state index is 12.0. The zero-order chi connectivity index (χ0) is 23.6. The minimum atomic E-state index is -2.90. The Morgan fingerprint density at radius 3 is 2.23 bits per heavy atom. The summed E-state index contributed by atoms with van der Waals surface area (Å²) in [6, 6.07) is -3.17. The standard InChI is InChI=1S/C17H31N3O11/c1-7(23)19-12-14(26)17(28,10(5-22)31-15(12)29-2)16(27)9(4-21)30-6-8(24)13(16)20-11(25)3-18/h8-10,12-15,21-22,24,26-28H,3-6,18H2,1-2H3,(H,19,23)(H,20,25)/t8-,9+,10+,12-,13-,14+,15-,16+,17+/m0/s1. The molecule has 0 bridgehead atoms. The van der Waals surface area contributed by atoms with Gasteiger partial charge in [-0.2, -0.15) is 0 Å². The number of hydrogen-bond acceptors (Lipinski definition) is 12. The topological polar surface area (TPSA) is 233 Å². The number of carbonyl (C=O) groups is 2. The first kappa shape index (κ1) is 25.8. The molecular formula is C17H31N3O11. The summed E-state index contributed by atoms with van der Waals surface area (Å²) >= 11 is 0. The fraction of sp³-hybridized carbons (Fsp3) is 0.882. The van der Waals surface area contributed by atoms with E-state index in [4.69, 9.17) is 19.9 Å². The van der Waals surface area contributed by atoms with Crippen LogP contribution in [0.3, 0.4) is 0 Å². The zero-order valence-electron chi connectivity index (χ0n) is 17.2. The molecule has 0 aromatic carbocycles. The van der Waals surface area contributed by atoms with Crippen molar-refractivity contribution in [2.75, 3.05) is 33.5 Å². The lowest BCUT2D eigenvalue weighted by atomic mass is 9.63. The summed E-state index contributed by atoms with van der Waals surface area (Å²) in [6.07, 6.45) is -8.47. The number of aliphatic hydroxyl groups is 6. The van der Waals surface area contributed by atoms with Gasteiger partial charge in [0, 0.05) is 14.0 Å². The quantitative estimate of drug-likeness (QED) is 0.175. The molecule has 0 unspecified atom stereocenters. The van der Waals surface area contributed by atoms with Crippen LogP contribution in [-0.2, 0) is 23.8 Å². The van der Waals surface area contributed by atoms with E-state index < -0.39 is 92.2 Å². The summed E-state index contributed by atoms with van der Waals surface area (Å²) in [5, 5.41) is 69.3. The minimum absolute atomic E-state index is 0.449. The van der Waals surface area contributed by atoms with Gasteiger partial charge in [-0.05, 0) is 0 Å². The van der Waals surface area contributed by atoms with Gasteiger partial charge in [0.1, 0.15) is 36.1 Å². The second-order valence-electron chi connectivity index (χ2n) is 7.55. The molecule has 2 aliphatic heterocycles. The Labute approximate surface area is 177 Å². The van der Waals surface area contributed by atoms with Crippen LogP contribution in [0.15, 0.2) is 0 Å². The molecule has 10 N–H and O–H groups in total. The summed E-state index contributed by atoms with van der Waals surface area (Å²) in [7, 11) is 1.19. The Hall–Kier alpha value is -1.46. The molecule has 14 nitrogen and oxygen atoms in total. The van der Waals surface area contributed by atoms with E-state index in [9.17, 15) is 40.2 Å².